The SMILES string of the molecule is CCNC(=NCC(C)Oc1ccccc1F)NCCCN1CCCC1.I. The number of nitrogens with one attached hydrogen (secondary N) is 2. The Morgan fingerprint density at radius 1 is 1.27 bits per heavy atom. The average molecular weight is 478 g/mol. The third kappa shape index (κ3) is 8.53. The second-order valence-corrected chi connectivity index (χ2v) is 6.41. The molecule has 0 radical (unpaired) electrons. The highest BCUT2D eigenvalue weighted by molar-refractivity contribution is 14.0. The number of hydrogen-bond acceptors (Lipinski definition) is 3. The first-order chi connectivity index (χ1) is 12.2. The number of aliphatic imine (C=N–C) groups is 1. The predicted molar refractivity (Wildman–Crippen MR) is 116 cm³/mol. The summed E-state index contributed by atoms with van der Waals surface area (Å²) in [6.07, 6.45) is 3.57. The Labute approximate surface area is 173 Å². The van der Waals surface area contributed by atoms with Gasteiger partial charge in [-0.15, -0.1) is 24.0 Å². The van der Waals surface area contributed by atoms with Crippen LogP contribution in [0.4, 0.5) is 4.39 Å². The Kier molecular flexibility index (Phi) is 11.6. The average Bonchev–Trinajstić information content (AvgIpc) is 3.12. The second kappa shape index (κ2) is 13.1. The lowest BCUT2D eigenvalue weighted by Gasteiger charge is -2.17. The Bertz CT molecular complexity index is 538. The van der Waals surface area contributed by atoms with Crippen molar-refractivity contribution in [2.24, 2.45) is 4.99 Å². The van der Waals surface area contributed by atoms with E-state index in [1.54, 1.807) is 18.2 Å². The lowest BCUT2D eigenvalue weighted by atomic mass is 10.3. The van der Waals surface area contributed by atoms with Gasteiger partial charge in [-0.1, -0.05) is 12.1 Å². The van der Waals surface area contributed by atoms with Crippen molar-refractivity contribution in [2.45, 2.75) is 39.2 Å². The highest BCUT2D eigenvalue weighted by Crippen LogP contribution is 2.16. The number of hydrogen-bond donors (Lipinski definition) is 2. The molecule has 0 saturated carbocycles. The van der Waals surface area contributed by atoms with Crippen LogP contribution in [0.25, 0.3) is 0 Å². The molecule has 0 spiro atoms. The van der Waals surface area contributed by atoms with Gasteiger partial charge in [-0.05, 0) is 64.9 Å². The fourth-order valence-electron chi connectivity index (χ4n) is 2.87. The summed E-state index contributed by atoms with van der Waals surface area (Å²) in [5.41, 5.74) is 0. The third-order valence-corrected chi connectivity index (χ3v) is 4.16. The van der Waals surface area contributed by atoms with Crippen LogP contribution >= 0.6 is 24.0 Å². The maximum atomic E-state index is 13.6. The quantitative estimate of drug-likeness (QED) is 0.248. The fourth-order valence-corrected chi connectivity index (χ4v) is 2.87. The molecule has 1 aliphatic heterocycles. The summed E-state index contributed by atoms with van der Waals surface area (Å²) >= 11 is 0. The van der Waals surface area contributed by atoms with Crippen LogP contribution in [-0.4, -0.2) is 56.2 Å². The standard InChI is InChI=1S/C19H31FN4O.HI/c1-3-21-19(22-11-8-14-24-12-6-7-13-24)23-15-16(2)25-18-10-5-4-9-17(18)20;/h4-5,9-10,16H,3,6-8,11-15H2,1-2H3,(H2,21,22,23);1H. The zero-order chi connectivity index (χ0) is 17.9. The van der Waals surface area contributed by atoms with Crippen LogP contribution < -0.4 is 15.4 Å². The van der Waals surface area contributed by atoms with E-state index < -0.39 is 0 Å². The summed E-state index contributed by atoms with van der Waals surface area (Å²) < 4.78 is 19.2. The summed E-state index contributed by atoms with van der Waals surface area (Å²) in [5.74, 6) is 0.715. The topological polar surface area (TPSA) is 48.9 Å². The molecule has 0 aromatic heterocycles. The molecule has 148 valence electrons. The zero-order valence-corrected chi connectivity index (χ0v) is 18.2. The molecule has 1 unspecified atom stereocenters. The normalized spacial score (nSPS) is 16.0. The van der Waals surface area contributed by atoms with E-state index >= 15 is 0 Å². The number of guanidine groups is 1. The van der Waals surface area contributed by atoms with Crippen LogP contribution in [0.3, 0.4) is 0 Å². The molecule has 1 atom stereocenters. The number of nitrogens with zero attached hydrogens (tertiary/aromatic N) is 2. The van der Waals surface area contributed by atoms with Gasteiger partial charge in [-0.2, -0.15) is 0 Å². The Balaban J connectivity index is 0.00000338. The zero-order valence-electron chi connectivity index (χ0n) is 15.8. The van der Waals surface area contributed by atoms with Crippen LogP contribution in [0.2, 0.25) is 0 Å². The third-order valence-electron chi connectivity index (χ3n) is 4.16. The molecule has 0 aliphatic carbocycles. The molecule has 7 heteroatoms. The maximum Gasteiger partial charge on any atom is 0.191 e. The number of rotatable bonds is 9. The number of para-hydroxylation sites is 1. The van der Waals surface area contributed by atoms with Crippen molar-refractivity contribution < 1.29 is 9.13 Å². The van der Waals surface area contributed by atoms with E-state index in [-0.39, 0.29) is 41.6 Å². The first-order valence-corrected chi connectivity index (χ1v) is 9.34. The van der Waals surface area contributed by atoms with Crippen LogP contribution in [0.1, 0.15) is 33.1 Å². The molecular weight excluding hydrogens is 446 g/mol. The molecule has 1 aromatic rings. The maximum absolute atomic E-state index is 13.6. The number of ether oxygens (including phenoxy) is 1. The fraction of sp³-hybridized carbons (Fsp3) is 0.632. The molecule has 0 amide bonds. The molecule has 2 rings (SSSR count). The van der Waals surface area contributed by atoms with Crippen molar-refractivity contribution in [3.63, 3.8) is 0 Å². The highest BCUT2D eigenvalue weighted by Gasteiger charge is 2.11. The smallest absolute Gasteiger partial charge is 0.191 e. The van der Waals surface area contributed by atoms with Gasteiger partial charge in [-0.25, -0.2) is 9.38 Å². The molecule has 1 aliphatic rings. The second-order valence-electron chi connectivity index (χ2n) is 6.41. The van der Waals surface area contributed by atoms with E-state index in [1.807, 2.05) is 13.8 Å². The van der Waals surface area contributed by atoms with Crippen LogP contribution in [0, 0.1) is 5.82 Å². The van der Waals surface area contributed by atoms with Crippen molar-refractivity contribution in [1.29, 1.82) is 0 Å². The van der Waals surface area contributed by atoms with Gasteiger partial charge >= 0.3 is 0 Å². The van der Waals surface area contributed by atoms with E-state index in [0.717, 1.165) is 32.0 Å². The summed E-state index contributed by atoms with van der Waals surface area (Å²) in [5, 5.41) is 6.60. The lowest BCUT2D eigenvalue weighted by Crippen LogP contribution is -2.39. The van der Waals surface area contributed by atoms with E-state index in [1.165, 1.54) is 32.0 Å². The van der Waals surface area contributed by atoms with Crippen molar-refractivity contribution in [1.82, 2.24) is 15.5 Å². The number of halogens is 2. The summed E-state index contributed by atoms with van der Waals surface area (Å²) in [6.45, 7) is 9.71. The minimum absolute atomic E-state index is 0. The van der Waals surface area contributed by atoms with Crippen LogP contribution in [-0.2, 0) is 0 Å². The Hall–Kier alpha value is -1.09. The molecule has 1 aromatic carbocycles. The number of likely N-dealkylation sites (tertiary alicyclic amines) is 1. The molecule has 1 fully saturated rings. The minimum Gasteiger partial charge on any atom is -0.486 e. The lowest BCUT2D eigenvalue weighted by molar-refractivity contribution is 0.220. The molecule has 2 N–H and O–H groups in total. The van der Waals surface area contributed by atoms with Gasteiger partial charge in [0.2, 0.25) is 0 Å². The Morgan fingerprint density at radius 2 is 2.00 bits per heavy atom. The van der Waals surface area contributed by atoms with Gasteiger partial charge in [0.25, 0.3) is 0 Å². The van der Waals surface area contributed by atoms with Gasteiger partial charge < -0.3 is 20.3 Å². The molecule has 1 heterocycles. The van der Waals surface area contributed by atoms with Gasteiger partial charge in [0.1, 0.15) is 6.10 Å². The Morgan fingerprint density at radius 3 is 2.69 bits per heavy atom. The molecule has 1 saturated heterocycles. The van der Waals surface area contributed by atoms with Crippen molar-refractivity contribution >= 4 is 29.9 Å². The van der Waals surface area contributed by atoms with Crippen molar-refractivity contribution in [3.8, 4) is 5.75 Å². The molecule has 0 bridgehead atoms. The molecule has 26 heavy (non-hydrogen) atoms. The first kappa shape index (κ1) is 23.0. The van der Waals surface area contributed by atoms with Crippen molar-refractivity contribution in [3.05, 3.63) is 30.1 Å². The minimum atomic E-state index is -0.342. The predicted octanol–water partition coefficient (Wildman–Crippen LogP) is 3.25. The number of benzene rings is 1. The van der Waals surface area contributed by atoms with Crippen molar-refractivity contribution in [2.75, 3.05) is 39.3 Å². The van der Waals surface area contributed by atoms with E-state index in [2.05, 4.69) is 20.5 Å². The summed E-state index contributed by atoms with van der Waals surface area (Å²) in [4.78, 5) is 7.05. The summed E-state index contributed by atoms with van der Waals surface area (Å²) in [6, 6.07) is 6.45. The van der Waals surface area contributed by atoms with Gasteiger partial charge in [0.15, 0.2) is 17.5 Å². The van der Waals surface area contributed by atoms with Gasteiger partial charge in [-0.3, -0.25) is 0 Å². The molecule has 5 nitrogen and oxygen atoms in total. The molecular formula is C19H32FIN4O. The highest BCUT2D eigenvalue weighted by atomic mass is 127. The summed E-state index contributed by atoms with van der Waals surface area (Å²) in [7, 11) is 0. The van der Waals surface area contributed by atoms with Gasteiger partial charge in [0, 0.05) is 13.1 Å². The van der Waals surface area contributed by atoms with E-state index in [9.17, 15) is 4.39 Å². The van der Waals surface area contributed by atoms with E-state index in [4.69, 9.17) is 4.74 Å². The van der Waals surface area contributed by atoms with Gasteiger partial charge in [0.05, 0.1) is 6.54 Å². The van der Waals surface area contributed by atoms with Crippen LogP contribution in [0.15, 0.2) is 29.3 Å². The first-order valence-electron chi connectivity index (χ1n) is 9.34. The monoisotopic (exact) mass is 478 g/mol. The van der Waals surface area contributed by atoms with E-state index in [0.29, 0.717) is 6.54 Å². The van der Waals surface area contributed by atoms with Crippen LogP contribution in [0.5, 0.6) is 5.75 Å². The largest absolute Gasteiger partial charge is 0.486 e.